The van der Waals surface area contributed by atoms with E-state index in [9.17, 15) is 47.4 Å². The van der Waals surface area contributed by atoms with Gasteiger partial charge in [0.05, 0.1) is 17.7 Å². The Bertz CT molecular complexity index is 2440. The SMILES string of the molecule is O=C1CCC(N2C(=O)c3ccc(NCCCOCCCOCCCOCNC(=O)c4cc5cc(N6CCC(O)(C(=O)NCc7cc(F)cc(F)c7)C6=O)ccc5[nH]4)cc3C2=O)C(=O)N1. The summed E-state index contributed by atoms with van der Waals surface area (Å²) in [6.07, 6.45) is 1.94. The predicted molar refractivity (Wildman–Crippen MR) is 224 cm³/mol. The van der Waals surface area contributed by atoms with E-state index in [2.05, 4.69) is 26.3 Å². The number of carbonyl (C=O) groups is 7. The molecule has 64 heavy (non-hydrogen) atoms. The smallest absolute Gasteiger partial charge is 0.269 e. The summed E-state index contributed by atoms with van der Waals surface area (Å²) in [7, 11) is 0. The highest BCUT2D eigenvalue weighted by Gasteiger charge is 2.52. The first kappa shape index (κ1) is 45.4. The lowest BCUT2D eigenvalue weighted by Gasteiger charge is -2.27. The van der Waals surface area contributed by atoms with Crippen LogP contribution < -0.4 is 26.2 Å². The molecule has 3 aromatic carbocycles. The molecule has 6 N–H and O–H groups in total. The number of aromatic amines is 1. The number of amides is 7. The minimum atomic E-state index is -2.37. The zero-order chi connectivity index (χ0) is 45.4. The number of ether oxygens (including phenoxy) is 3. The average Bonchev–Trinajstić information content (AvgIpc) is 3.91. The molecule has 0 radical (unpaired) electrons. The fraction of sp³-hybridized carbons (Fsp3) is 0.386. The molecule has 0 aliphatic carbocycles. The molecular formula is C44H47F2N7O11. The molecule has 338 valence electrons. The van der Waals surface area contributed by atoms with E-state index in [1.165, 1.54) is 4.90 Å². The summed E-state index contributed by atoms with van der Waals surface area (Å²) in [6.45, 7) is 2.59. The van der Waals surface area contributed by atoms with Gasteiger partial charge >= 0.3 is 0 Å². The van der Waals surface area contributed by atoms with Crippen LogP contribution in [0.5, 0.6) is 0 Å². The van der Waals surface area contributed by atoms with Crippen molar-refractivity contribution in [3.8, 4) is 0 Å². The lowest BCUT2D eigenvalue weighted by atomic mass is 10.0. The predicted octanol–water partition coefficient (Wildman–Crippen LogP) is 2.65. The Morgan fingerprint density at radius 2 is 1.52 bits per heavy atom. The number of piperidine rings is 1. The molecule has 7 rings (SSSR count). The molecule has 7 amide bonds. The van der Waals surface area contributed by atoms with E-state index >= 15 is 0 Å². The van der Waals surface area contributed by atoms with Crippen molar-refractivity contribution in [1.29, 1.82) is 0 Å². The Morgan fingerprint density at radius 1 is 0.812 bits per heavy atom. The number of hydrogen-bond acceptors (Lipinski definition) is 12. The molecule has 20 heteroatoms. The molecule has 0 spiro atoms. The third-order valence-corrected chi connectivity index (χ3v) is 10.9. The van der Waals surface area contributed by atoms with Gasteiger partial charge in [0.25, 0.3) is 29.5 Å². The summed E-state index contributed by atoms with van der Waals surface area (Å²) < 4.78 is 43.9. The molecule has 0 bridgehead atoms. The van der Waals surface area contributed by atoms with Crippen LogP contribution >= 0.6 is 0 Å². The maximum atomic E-state index is 13.5. The van der Waals surface area contributed by atoms with Gasteiger partial charge in [-0.3, -0.25) is 43.8 Å². The van der Waals surface area contributed by atoms with Crippen molar-refractivity contribution in [3.05, 3.63) is 94.7 Å². The van der Waals surface area contributed by atoms with Gasteiger partial charge in [0.1, 0.15) is 30.1 Å². The van der Waals surface area contributed by atoms with Gasteiger partial charge in [-0.15, -0.1) is 0 Å². The molecule has 1 aromatic heterocycles. The van der Waals surface area contributed by atoms with E-state index in [4.69, 9.17) is 14.2 Å². The van der Waals surface area contributed by atoms with Crippen molar-refractivity contribution < 1.29 is 61.7 Å². The number of rotatable bonds is 21. The molecule has 2 saturated heterocycles. The van der Waals surface area contributed by atoms with Gasteiger partial charge in [-0.25, -0.2) is 8.78 Å². The van der Waals surface area contributed by atoms with E-state index < -0.39 is 64.6 Å². The summed E-state index contributed by atoms with van der Waals surface area (Å²) in [5.74, 6) is -6.07. The Hall–Kier alpha value is -6.61. The normalized spacial score (nSPS) is 18.5. The number of H-pyrrole nitrogens is 1. The highest BCUT2D eigenvalue weighted by atomic mass is 19.1. The molecular weight excluding hydrogens is 841 g/mol. The lowest BCUT2D eigenvalue weighted by Crippen LogP contribution is -2.54. The zero-order valence-electron chi connectivity index (χ0n) is 34.6. The first-order valence-corrected chi connectivity index (χ1v) is 20.8. The fourth-order valence-electron chi connectivity index (χ4n) is 7.62. The Balaban J connectivity index is 0.719. The topological polar surface area (TPSA) is 238 Å². The number of nitrogens with one attached hydrogen (secondary N) is 5. The number of halogens is 2. The van der Waals surface area contributed by atoms with Crippen LogP contribution in [0.2, 0.25) is 0 Å². The van der Waals surface area contributed by atoms with Crippen LogP contribution in [0.15, 0.2) is 60.7 Å². The van der Waals surface area contributed by atoms with Crippen molar-refractivity contribution in [1.82, 2.24) is 25.8 Å². The number of carbonyl (C=O) groups excluding carboxylic acids is 7. The van der Waals surface area contributed by atoms with E-state index in [1.54, 1.807) is 42.5 Å². The quantitative estimate of drug-likeness (QED) is 0.0307. The van der Waals surface area contributed by atoms with E-state index in [1.807, 2.05) is 0 Å². The second-order valence-electron chi connectivity index (χ2n) is 15.5. The number of anilines is 2. The van der Waals surface area contributed by atoms with Gasteiger partial charge < -0.3 is 45.2 Å². The lowest BCUT2D eigenvalue weighted by molar-refractivity contribution is -0.149. The van der Waals surface area contributed by atoms with Gasteiger partial charge in [0, 0.05) is 87.2 Å². The molecule has 2 unspecified atom stereocenters. The Kier molecular flexibility index (Phi) is 14.4. The van der Waals surface area contributed by atoms with Gasteiger partial charge in [-0.1, -0.05) is 0 Å². The first-order chi connectivity index (χ1) is 30.8. The summed E-state index contributed by atoms with van der Waals surface area (Å²) in [5, 5.41) is 22.1. The summed E-state index contributed by atoms with van der Waals surface area (Å²) in [4.78, 5) is 93.7. The van der Waals surface area contributed by atoms with E-state index in [0.29, 0.717) is 87.2 Å². The average molecular weight is 888 g/mol. The monoisotopic (exact) mass is 887 g/mol. The summed E-state index contributed by atoms with van der Waals surface area (Å²) in [6, 6.07) is 13.1. The minimum Gasteiger partial charge on any atom is -0.385 e. The summed E-state index contributed by atoms with van der Waals surface area (Å²) in [5.41, 5.74) is 0.122. The number of hydrogen-bond donors (Lipinski definition) is 6. The second kappa shape index (κ2) is 20.3. The van der Waals surface area contributed by atoms with Gasteiger partial charge in [-0.05, 0) is 85.8 Å². The van der Waals surface area contributed by atoms with Gasteiger partial charge in [0.2, 0.25) is 17.4 Å². The largest absolute Gasteiger partial charge is 0.385 e. The molecule has 2 atom stereocenters. The van der Waals surface area contributed by atoms with Crippen LogP contribution in [-0.4, -0.2) is 121 Å². The third kappa shape index (κ3) is 10.4. The molecule has 3 aliphatic rings. The zero-order valence-corrected chi connectivity index (χ0v) is 34.6. The van der Waals surface area contributed by atoms with Crippen molar-refractivity contribution in [3.63, 3.8) is 0 Å². The fourth-order valence-corrected chi connectivity index (χ4v) is 7.62. The van der Waals surface area contributed by atoms with Crippen LogP contribution in [0.3, 0.4) is 0 Å². The highest BCUT2D eigenvalue weighted by Crippen LogP contribution is 2.32. The van der Waals surface area contributed by atoms with Crippen LogP contribution in [0, 0.1) is 11.6 Å². The number of imide groups is 2. The van der Waals surface area contributed by atoms with Gasteiger partial charge in [0.15, 0.2) is 0 Å². The Morgan fingerprint density at radius 3 is 2.25 bits per heavy atom. The molecule has 18 nitrogen and oxygen atoms in total. The van der Waals surface area contributed by atoms with Crippen molar-refractivity contribution in [2.45, 2.75) is 56.7 Å². The molecule has 4 aromatic rings. The van der Waals surface area contributed by atoms with Crippen molar-refractivity contribution in [2.24, 2.45) is 0 Å². The molecule has 4 heterocycles. The number of fused-ring (bicyclic) bond motifs is 2. The maximum Gasteiger partial charge on any atom is 0.269 e. The molecule has 0 saturated carbocycles. The van der Waals surface area contributed by atoms with Crippen molar-refractivity contribution in [2.75, 3.05) is 63.1 Å². The minimum absolute atomic E-state index is 0.0351. The molecule has 3 aliphatic heterocycles. The number of benzene rings is 3. The first-order valence-electron chi connectivity index (χ1n) is 20.8. The highest BCUT2D eigenvalue weighted by molar-refractivity contribution is 6.24. The van der Waals surface area contributed by atoms with Crippen LogP contribution in [0.4, 0.5) is 20.2 Å². The maximum absolute atomic E-state index is 13.5. The van der Waals surface area contributed by atoms with E-state index in [-0.39, 0.29) is 61.5 Å². The number of aromatic nitrogens is 1. The van der Waals surface area contributed by atoms with Crippen LogP contribution in [0.25, 0.3) is 10.9 Å². The number of aliphatic hydroxyl groups is 1. The summed E-state index contributed by atoms with van der Waals surface area (Å²) >= 11 is 0. The van der Waals surface area contributed by atoms with Crippen LogP contribution in [0.1, 0.15) is 75.3 Å². The van der Waals surface area contributed by atoms with Crippen LogP contribution in [-0.2, 0) is 39.9 Å². The van der Waals surface area contributed by atoms with Gasteiger partial charge in [-0.2, -0.15) is 0 Å². The third-order valence-electron chi connectivity index (χ3n) is 10.9. The number of nitrogens with zero attached hydrogens (tertiary/aromatic N) is 2. The Labute approximate surface area is 364 Å². The standard InChI is InChI=1S/C44H47F2N7O11/c45-28-18-26(19-29(46)22-28)24-48-42(59)44(61)10-12-52(43(44)60)31-5-7-34-27(20-31)21-35(50-34)38(55)49-25-64-17-3-16-63-15-2-14-62-13-1-11-47-30-4-6-32-33(23-30)41(58)53(40(32)57)36-8-9-37(54)51-39(36)56/h4-7,18-23,36,47,50,61H,1-3,8-17,24-25H2,(H,48,59)(H,49,55)(H,51,54,56). The second-order valence-corrected chi connectivity index (χ2v) is 15.5. The van der Waals surface area contributed by atoms with E-state index in [0.717, 1.165) is 17.0 Å². The molecule has 2 fully saturated rings. The van der Waals surface area contributed by atoms with Crippen molar-refractivity contribution >= 4 is 63.6 Å².